The van der Waals surface area contributed by atoms with Crippen molar-refractivity contribution in [2.75, 3.05) is 26.2 Å². The molecular weight excluding hydrogens is 504 g/mol. The van der Waals surface area contributed by atoms with Gasteiger partial charge in [0.1, 0.15) is 23.0 Å². The fourth-order valence-corrected chi connectivity index (χ4v) is 5.11. The van der Waals surface area contributed by atoms with Gasteiger partial charge in [-0.05, 0) is 36.1 Å². The number of nitrogens with zero attached hydrogens (tertiary/aromatic N) is 2. The lowest BCUT2D eigenvalue weighted by Gasteiger charge is -2.24. The van der Waals surface area contributed by atoms with Crippen molar-refractivity contribution < 1.29 is 20.4 Å². The van der Waals surface area contributed by atoms with Crippen molar-refractivity contribution in [3.8, 4) is 23.0 Å². The molecule has 0 atom stereocenters. The number of nitrogens with one attached hydrogen (secondary N) is 2. The molecule has 0 saturated carbocycles. The summed E-state index contributed by atoms with van der Waals surface area (Å²) >= 11 is 0. The van der Waals surface area contributed by atoms with Gasteiger partial charge in [0.2, 0.25) is 0 Å². The molecule has 0 spiro atoms. The lowest BCUT2D eigenvalue weighted by atomic mass is 9.84. The third-order valence-corrected chi connectivity index (χ3v) is 7.06. The van der Waals surface area contributed by atoms with E-state index in [2.05, 4.69) is 34.9 Å². The largest absolute Gasteiger partial charge is 0.507 e. The molecular formula is C32H34N4O4. The maximum Gasteiger partial charge on any atom is 0.137 e. The first-order chi connectivity index (χ1) is 19.5. The fraction of sp³-hybridized carbons (Fsp3) is 0.250. The van der Waals surface area contributed by atoms with Crippen LogP contribution < -0.4 is 10.6 Å². The molecule has 206 valence electrons. The molecule has 1 aliphatic carbocycles. The van der Waals surface area contributed by atoms with E-state index in [1.54, 1.807) is 0 Å². The summed E-state index contributed by atoms with van der Waals surface area (Å²) in [7, 11) is 0. The Kier molecular flexibility index (Phi) is 8.59. The maximum absolute atomic E-state index is 11.4. The molecule has 0 aliphatic heterocycles. The smallest absolute Gasteiger partial charge is 0.137 e. The van der Waals surface area contributed by atoms with Gasteiger partial charge in [-0.25, -0.2) is 0 Å². The van der Waals surface area contributed by atoms with Crippen molar-refractivity contribution >= 4 is 22.2 Å². The van der Waals surface area contributed by atoms with Gasteiger partial charge < -0.3 is 31.1 Å². The molecule has 1 aliphatic rings. The van der Waals surface area contributed by atoms with Crippen molar-refractivity contribution in [1.82, 2.24) is 10.6 Å². The number of benzene rings is 4. The minimum atomic E-state index is -0.235. The second kappa shape index (κ2) is 12.6. The fourth-order valence-electron chi connectivity index (χ4n) is 5.11. The van der Waals surface area contributed by atoms with E-state index in [0.717, 1.165) is 13.1 Å². The molecule has 0 radical (unpaired) electrons. The normalized spacial score (nSPS) is 15.1. The van der Waals surface area contributed by atoms with Crippen LogP contribution in [0.1, 0.15) is 35.1 Å². The van der Waals surface area contributed by atoms with Crippen LogP contribution in [0.4, 0.5) is 0 Å². The van der Waals surface area contributed by atoms with Crippen LogP contribution in [0.25, 0.3) is 10.8 Å². The number of hydrogen-bond donors (Lipinski definition) is 6. The van der Waals surface area contributed by atoms with Crippen LogP contribution in [0.5, 0.6) is 23.0 Å². The molecule has 8 nitrogen and oxygen atoms in total. The molecule has 0 amide bonds. The quantitative estimate of drug-likeness (QED) is 0.129. The number of rotatable bonds is 10. The molecule has 0 fully saturated rings. The molecule has 6 N–H and O–H groups in total. The SMILES string of the molecule is Oc1ccc(O)c2c(O)c3c(c(O)c12)C(=NCCNCc1ccccc1)CCC3=NCCNCc1ccccc1. The van der Waals surface area contributed by atoms with Gasteiger partial charge in [-0.2, -0.15) is 0 Å². The third kappa shape index (κ3) is 5.93. The number of hydrogen-bond acceptors (Lipinski definition) is 8. The second-order valence-corrected chi connectivity index (χ2v) is 9.78. The molecule has 0 unspecified atom stereocenters. The van der Waals surface area contributed by atoms with Crippen LogP contribution in [0.15, 0.2) is 82.8 Å². The molecule has 4 aromatic rings. The van der Waals surface area contributed by atoms with Crippen LogP contribution in [-0.4, -0.2) is 58.0 Å². The number of phenols is 4. The Morgan fingerprint density at radius 2 is 0.950 bits per heavy atom. The first-order valence-corrected chi connectivity index (χ1v) is 13.5. The Morgan fingerprint density at radius 3 is 1.35 bits per heavy atom. The Hall–Kier alpha value is -4.40. The highest BCUT2D eigenvalue weighted by molar-refractivity contribution is 6.25. The van der Waals surface area contributed by atoms with Crippen LogP contribution in [-0.2, 0) is 13.1 Å². The van der Waals surface area contributed by atoms with E-state index in [-0.39, 0.29) is 33.8 Å². The van der Waals surface area contributed by atoms with Crippen molar-refractivity contribution in [3.63, 3.8) is 0 Å². The van der Waals surface area contributed by atoms with E-state index in [1.165, 1.54) is 23.3 Å². The predicted molar refractivity (Wildman–Crippen MR) is 159 cm³/mol. The number of phenolic OH excluding ortho intramolecular Hbond substituents is 4. The zero-order valence-electron chi connectivity index (χ0n) is 22.3. The topological polar surface area (TPSA) is 130 Å². The summed E-state index contributed by atoms with van der Waals surface area (Å²) < 4.78 is 0. The summed E-state index contributed by atoms with van der Waals surface area (Å²) in [6.07, 6.45) is 1.06. The minimum absolute atomic E-state index is 0.00284. The summed E-state index contributed by atoms with van der Waals surface area (Å²) in [6.45, 7) is 3.66. The first kappa shape index (κ1) is 27.2. The van der Waals surface area contributed by atoms with E-state index in [0.29, 0.717) is 61.6 Å². The zero-order valence-corrected chi connectivity index (χ0v) is 22.3. The van der Waals surface area contributed by atoms with Gasteiger partial charge in [-0.1, -0.05) is 60.7 Å². The van der Waals surface area contributed by atoms with Crippen molar-refractivity contribution in [3.05, 3.63) is 95.1 Å². The zero-order chi connectivity index (χ0) is 27.9. The molecule has 0 heterocycles. The summed E-state index contributed by atoms with van der Waals surface area (Å²) in [5.41, 5.74) is 4.35. The van der Waals surface area contributed by atoms with Gasteiger partial charge in [0, 0.05) is 37.6 Å². The van der Waals surface area contributed by atoms with Crippen molar-refractivity contribution in [1.29, 1.82) is 0 Å². The van der Waals surface area contributed by atoms with E-state index >= 15 is 0 Å². The van der Waals surface area contributed by atoms with Crippen molar-refractivity contribution in [2.24, 2.45) is 9.98 Å². The van der Waals surface area contributed by atoms with Crippen LogP contribution in [0.2, 0.25) is 0 Å². The van der Waals surface area contributed by atoms with Gasteiger partial charge in [0.15, 0.2) is 0 Å². The second-order valence-electron chi connectivity index (χ2n) is 9.78. The Morgan fingerprint density at radius 1 is 0.550 bits per heavy atom. The van der Waals surface area contributed by atoms with Gasteiger partial charge in [-0.15, -0.1) is 0 Å². The van der Waals surface area contributed by atoms with Crippen LogP contribution in [0.3, 0.4) is 0 Å². The minimum Gasteiger partial charge on any atom is -0.507 e. The molecule has 0 aromatic heterocycles. The monoisotopic (exact) mass is 538 g/mol. The van der Waals surface area contributed by atoms with E-state index in [1.807, 2.05) is 36.4 Å². The van der Waals surface area contributed by atoms with E-state index in [4.69, 9.17) is 9.98 Å². The molecule has 40 heavy (non-hydrogen) atoms. The summed E-state index contributed by atoms with van der Waals surface area (Å²) in [5, 5.41) is 50.5. The average molecular weight is 539 g/mol. The van der Waals surface area contributed by atoms with E-state index < -0.39 is 0 Å². The highest BCUT2D eigenvalue weighted by atomic mass is 16.3. The predicted octanol–water partition coefficient (Wildman–Crippen LogP) is 4.61. The van der Waals surface area contributed by atoms with Crippen LogP contribution >= 0.6 is 0 Å². The average Bonchev–Trinajstić information content (AvgIpc) is 2.98. The molecule has 0 bridgehead atoms. The van der Waals surface area contributed by atoms with Gasteiger partial charge in [0.25, 0.3) is 0 Å². The van der Waals surface area contributed by atoms with E-state index in [9.17, 15) is 20.4 Å². The summed E-state index contributed by atoms with van der Waals surface area (Å²) in [6, 6.07) is 22.8. The number of fused-ring (bicyclic) bond motifs is 2. The van der Waals surface area contributed by atoms with Gasteiger partial charge >= 0.3 is 0 Å². The number of aromatic hydroxyl groups is 4. The molecule has 0 saturated heterocycles. The molecule has 4 aromatic carbocycles. The first-order valence-electron chi connectivity index (χ1n) is 13.5. The lowest BCUT2D eigenvalue weighted by Crippen LogP contribution is -2.23. The molecule has 5 rings (SSSR count). The summed E-state index contributed by atoms with van der Waals surface area (Å²) in [4.78, 5) is 9.53. The Labute approximate surface area is 233 Å². The van der Waals surface area contributed by atoms with Crippen molar-refractivity contribution in [2.45, 2.75) is 25.9 Å². The lowest BCUT2D eigenvalue weighted by molar-refractivity contribution is 0.445. The highest BCUT2D eigenvalue weighted by Crippen LogP contribution is 2.49. The highest BCUT2D eigenvalue weighted by Gasteiger charge is 2.31. The molecule has 8 heteroatoms. The standard InChI is InChI=1S/C32H34N4O4/c37-25-13-14-26(38)30-29(25)31(39)27-23(35-17-15-33-19-21-7-3-1-4-8-21)11-12-24(28(27)32(30)40)36-18-16-34-20-22-9-5-2-6-10-22/h1-10,13-14,33-34,37-40H,11-12,15-20H2. The maximum atomic E-state index is 11.4. The Bertz CT molecular complexity index is 1420. The Balaban J connectivity index is 1.39. The van der Waals surface area contributed by atoms with Gasteiger partial charge in [0.05, 0.1) is 35.0 Å². The van der Waals surface area contributed by atoms with Crippen LogP contribution in [0, 0.1) is 0 Å². The summed E-state index contributed by atoms with van der Waals surface area (Å²) in [5.74, 6) is -0.911. The third-order valence-electron chi connectivity index (χ3n) is 7.06. The number of aliphatic imine (C=N–C) groups is 2. The van der Waals surface area contributed by atoms with Gasteiger partial charge in [-0.3, -0.25) is 9.98 Å².